The highest BCUT2D eigenvalue weighted by Gasteiger charge is 2.19. The van der Waals surface area contributed by atoms with Gasteiger partial charge in [-0.15, -0.1) is 0 Å². The van der Waals surface area contributed by atoms with Crippen LogP contribution in [0.4, 0.5) is 5.82 Å². The van der Waals surface area contributed by atoms with Gasteiger partial charge >= 0.3 is 5.82 Å². The van der Waals surface area contributed by atoms with E-state index in [4.69, 9.17) is 0 Å². The van der Waals surface area contributed by atoms with Crippen molar-refractivity contribution in [3.05, 3.63) is 32.4 Å². The molecule has 2 unspecified atom stereocenters. The van der Waals surface area contributed by atoms with E-state index in [0.29, 0.717) is 10.2 Å². The second kappa shape index (κ2) is 6.71. The summed E-state index contributed by atoms with van der Waals surface area (Å²) >= 11 is 3.12. The van der Waals surface area contributed by atoms with Crippen LogP contribution in [0, 0.1) is 10.1 Å². The second-order valence-electron chi connectivity index (χ2n) is 3.89. The number of halogens is 1. The molecule has 19 heavy (non-hydrogen) atoms. The Hall–Kier alpha value is -1.35. The number of pyridine rings is 1. The molecule has 0 saturated heterocycles. The Morgan fingerprint density at radius 1 is 1.68 bits per heavy atom. The second-order valence-corrected chi connectivity index (χ2v) is 6.23. The number of nitro groups is 1. The molecule has 104 valence electrons. The quantitative estimate of drug-likeness (QED) is 0.636. The molecule has 0 aromatic carbocycles. The first-order valence-corrected chi connectivity index (χ1v) is 7.74. The van der Waals surface area contributed by atoms with Gasteiger partial charge in [0.15, 0.2) is 6.20 Å². The minimum Gasteiger partial charge on any atom is -0.358 e. The van der Waals surface area contributed by atoms with Gasteiger partial charge in [-0.1, -0.05) is 0 Å². The van der Waals surface area contributed by atoms with Gasteiger partial charge in [0, 0.05) is 34.9 Å². The zero-order chi connectivity index (χ0) is 14.6. The highest BCUT2D eigenvalue weighted by molar-refractivity contribution is 9.10. The van der Waals surface area contributed by atoms with Gasteiger partial charge in [0.25, 0.3) is 5.91 Å². The Kier molecular flexibility index (Phi) is 5.55. The van der Waals surface area contributed by atoms with Crippen molar-refractivity contribution in [1.82, 2.24) is 10.3 Å². The van der Waals surface area contributed by atoms with Crippen molar-refractivity contribution in [2.75, 3.05) is 12.0 Å². The van der Waals surface area contributed by atoms with Crippen LogP contribution in [-0.2, 0) is 10.8 Å². The first-order valence-electron chi connectivity index (χ1n) is 5.22. The molecule has 1 aromatic rings. The summed E-state index contributed by atoms with van der Waals surface area (Å²) in [5, 5.41) is 13.2. The average molecular weight is 350 g/mol. The maximum atomic E-state index is 11.9. The topological polar surface area (TPSA) is 102 Å². The van der Waals surface area contributed by atoms with Gasteiger partial charge in [0.2, 0.25) is 0 Å². The molecule has 0 spiro atoms. The molecule has 0 radical (unpaired) electrons. The monoisotopic (exact) mass is 349 g/mol. The first kappa shape index (κ1) is 15.7. The van der Waals surface area contributed by atoms with Gasteiger partial charge in [-0.3, -0.25) is 9.00 Å². The van der Waals surface area contributed by atoms with Crippen molar-refractivity contribution < 1.29 is 13.9 Å². The molecule has 1 heterocycles. The number of carbonyl (C=O) groups is 1. The minimum atomic E-state index is -1.03. The van der Waals surface area contributed by atoms with E-state index in [-0.39, 0.29) is 11.6 Å². The van der Waals surface area contributed by atoms with E-state index in [2.05, 4.69) is 26.2 Å². The third-order valence-electron chi connectivity index (χ3n) is 2.13. The molecule has 1 amide bonds. The van der Waals surface area contributed by atoms with E-state index in [0.717, 1.165) is 6.07 Å². The van der Waals surface area contributed by atoms with Gasteiger partial charge in [0.1, 0.15) is 0 Å². The number of hydrogen-bond acceptors (Lipinski definition) is 5. The molecule has 0 saturated carbocycles. The maximum Gasteiger partial charge on any atom is 0.364 e. The number of amides is 1. The Morgan fingerprint density at radius 3 is 2.84 bits per heavy atom. The van der Waals surface area contributed by atoms with Crippen molar-refractivity contribution in [2.45, 2.75) is 13.0 Å². The van der Waals surface area contributed by atoms with E-state index in [1.807, 2.05) is 0 Å². The smallest absolute Gasteiger partial charge is 0.358 e. The third-order valence-corrected chi connectivity index (χ3v) is 3.74. The van der Waals surface area contributed by atoms with Crippen LogP contribution in [0.15, 0.2) is 16.7 Å². The highest BCUT2D eigenvalue weighted by Crippen LogP contribution is 2.19. The predicted molar refractivity (Wildman–Crippen MR) is 74.5 cm³/mol. The molecule has 7 nitrogen and oxygen atoms in total. The highest BCUT2D eigenvalue weighted by atomic mass is 79.9. The van der Waals surface area contributed by atoms with Crippen LogP contribution in [-0.4, -0.2) is 38.1 Å². The SMILES string of the molecule is CC(CS(C)=O)NC(=O)c1cc([N+](=O)[O-])ncc1Br. The fourth-order valence-corrected chi connectivity index (χ4v) is 2.58. The van der Waals surface area contributed by atoms with Gasteiger partial charge in [-0.2, -0.15) is 0 Å². The molecule has 0 aliphatic carbocycles. The molecule has 1 aromatic heterocycles. The Labute approximate surface area is 120 Å². The summed E-state index contributed by atoms with van der Waals surface area (Å²) in [5.41, 5.74) is 0.121. The zero-order valence-electron chi connectivity index (χ0n) is 10.3. The van der Waals surface area contributed by atoms with Crippen LogP contribution < -0.4 is 5.32 Å². The normalized spacial score (nSPS) is 13.6. The lowest BCUT2D eigenvalue weighted by atomic mass is 10.2. The van der Waals surface area contributed by atoms with Crippen LogP contribution in [0.2, 0.25) is 0 Å². The van der Waals surface area contributed by atoms with E-state index in [1.54, 1.807) is 6.92 Å². The lowest BCUT2D eigenvalue weighted by Gasteiger charge is -2.12. The summed E-state index contributed by atoms with van der Waals surface area (Å²) in [6, 6.07) is 0.798. The van der Waals surface area contributed by atoms with Crippen LogP contribution in [0.3, 0.4) is 0 Å². The van der Waals surface area contributed by atoms with Crippen molar-refractivity contribution in [3.63, 3.8) is 0 Å². The van der Waals surface area contributed by atoms with Crippen molar-refractivity contribution in [1.29, 1.82) is 0 Å². The molecule has 0 bridgehead atoms. The van der Waals surface area contributed by atoms with Gasteiger partial charge < -0.3 is 15.4 Å². The van der Waals surface area contributed by atoms with Crippen molar-refractivity contribution >= 4 is 38.5 Å². The summed E-state index contributed by atoms with van der Waals surface area (Å²) in [4.78, 5) is 25.5. The molecular formula is C10H12BrN3O4S. The van der Waals surface area contributed by atoms with E-state index in [1.165, 1.54) is 12.5 Å². The van der Waals surface area contributed by atoms with E-state index in [9.17, 15) is 19.1 Å². The third kappa shape index (κ3) is 4.67. The number of nitrogens with zero attached hydrogens (tertiary/aromatic N) is 2. The van der Waals surface area contributed by atoms with Gasteiger partial charge in [-0.05, 0) is 32.8 Å². The standard InChI is InChI=1S/C10H12BrN3O4S/c1-6(5-19(2)18)13-10(15)7-3-9(14(16)17)12-4-8(7)11/h3-4,6H,5H2,1-2H3,(H,13,15). The lowest BCUT2D eigenvalue weighted by Crippen LogP contribution is -2.36. The molecule has 1 rings (SSSR count). The van der Waals surface area contributed by atoms with Crippen LogP contribution in [0.5, 0.6) is 0 Å². The van der Waals surface area contributed by atoms with Crippen LogP contribution in [0.25, 0.3) is 0 Å². The zero-order valence-corrected chi connectivity index (χ0v) is 12.7. The first-order chi connectivity index (χ1) is 8.81. The molecule has 0 aliphatic rings. The molecule has 0 aliphatic heterocycles. The molecule has 9 heteroatoms. The maximum absolute atomic E-state index is 11.9. The van der Waals surface area contributed by atoms with Crippen LogP contribution >= 0.6 is 15.9 Å². The summed E-state index contributed by atoms with van der Waals surface area (Å²) < 4.78 is 11.4. The Balaban J connectivity index is 2.90. The van der Waals surface area contributed by atoms with Crippen molar-refractivity contribution in [3.8, 4) is 0 Å². The Morgan fingerprint density at radius 2 is 2.32 bits per heavy atom. The molecule has 2 atom stereocenters. The lowest BCUT2D eigenvalue weighted by molar-refractivity contribution is -0.389. The summed E-state index contributed by atoms with van der Waals surface area (Å²) in [6.07, 6.45) is 2.74. The fraction of sp³-hybridized carbons (Fsp3) is 0.400. The molecule has 0 fully saturated rings. The minimum absolute atomic E-state index is 0.121. The average Bonchev–Trinajstić information content (AvgIpc) is 2.27. The number of carbonyl (C=O) groups excluding carboxylic acids is 1. The molecular weight excluding hydrogens is 338 g/mol. The van der Waals surface area contributed by atoms with Crippen LogP contribution in [0.1, 0.15) is 17.3 Å². The summed E-state index contributed by atoms with van der Waals surface area (Å²) in [5.74, 6) is -0.563. The fourth-order valence-electron chi connectivity index (χ4n) is 1.40. The number of nitrogens with one attached hydrogen (secondary N) is 1. The molecule has 1 N–H and O–H groups in total. The number of aromatic nitrogens is 1. The largest absolute Gasteiger partial charge is 0.364 e. The summed E-state index contributed by atoms with van der Waals surface area (Å²) in [6.45, 7) is 1.71. The van der Waals surface area contributed by atoms with E-state index < -0.39 is 27.4 Å². The number of rotatable bonds is 5. The van der Waals surface area contributed by atoms with Gasteiger partial charge in [0.05, 0.1) is 10.0 Å². The Bertz CT molecular complexity index is 538. The summed E-state index contributed by atoms with van der Waals surface area (Å²) in [7, 11) is -1.03. The predicted octanol–water partition coefficient (Wildman–Crippen LogP) is 1.25. The van der Waals surface area contributed by atoms with E-state index >= 15 is 0 Å². The van der Waals surface area contributed by atoms with Gasteiger partial charge in [-0.25, -0.2) is 0 Å². The van der Waals surface area contributed by atoms with Crippen molar-refractivity contribution in [2.24, 2.45) is 0 Å². The number of hydrogen-bond donors (Lipinski definition) is 1.